The van der Waals surface area contributed by atoms with E-state index in [-0.39, 0.29) is 5.54 Å². The van der Waals surface area contributed by atoms with Crippen molar-refractivity contribution in [2.24, 2.45) is 17.6 Å². The third kappa shape index (κ3) is 2.82. The first-order valence-corrected chi connectivity index (χ1v) is 8.15. The number of nitrogens with two attached hydrogens (primary N) is 1. The fourth-order valence-electron chi connectivity index (χ4n) is 3.65. The minimum atomic E-state index is -0.148. The van der Waals surface area contributed by atoms with Crippen molar-refractivity contribution in [3.05, 3.63) is 41.6 Å². The van der Waals surface area contributed by atoms with Crippen LogP contribution in [0.1, 0.15) is 50.8 Å². The van der Waals surface area contributed by atoms with Gasteiger partial charge < -0.3 is 5.73 Å². The van der Waals surface area contributed by atoms with Crippen LogP contribution in [0.4, 0.5) is 0 Å². The van der Waals surface area contributed by atoms with E-state index in [2.05, 4.69) is 49.2 Å². The molecule has 21 heavy (non-hydrogen) atoms. The Labute approximate surface area is 127 Å². The summed E-state index contributed by atoms with van der Waals surface area (Å²) >= 11 is 0. The normalized spacial score (nSPS) is 26.4. The molecule has 0 amide bonds. The molecule has 2 N–H and O–H groups in total. The lowest BCUT2D eigenvalue weighted by Crippen LogP contribution is -2.41. The van der Waals surface area contributed by atoms with E-state index in [0.717, 1.165) is 35.9 Å². The Hall–Kier alpha value is -1.41. The molecule has 0 saturated heterocycles. The van der Waals surface area contributed by atoms with Crippen LogP contribution in [0.2, 0.25) is 0 Å². The lowest BCUT2D eigenvalue weighted by atomic mass is 9.70. The van der Waals surface area contributed by atoms with Gasteiger partial charge in [-0.05, 0) is 68.2 Å². The largest absolute Gasteiger partial charge is 0.321 e. The van der Waals surface area contributed by atoms with E-state index >= 15 is 0 Å². The molecule has 2 heteroatoms. The first kappa shape index (κ1) is 14.5. The maximum atomic E-state index is 6.74. The van der Waals surface area contributed by atoms with E-state index in [1.807, 2.05) is 6.92 Å². The van der Waals surface area contributed by atoms with Gasteiger partial charge in [0.15, 0.2) is 0 Å². The third-order valence-electron chi connectivity index (χ3n) is 5.27. The van der Waals surface area contributed by atoms with E-state index in [9.17, 15) is 0 Å². The second-order valence-electron chi connectivity index (χ2n) is 7.10. The minimum Gasteiger partial charge on any atom is -0.321 e. The van der Waals surface area contributed by atoms with Crippen LogP contribution in [0.3, 0.4) is 0 Å². The van der Waals surface area contributed by atoms with Crippen molar-refractivity contribution in [2.45, 2.75) is 52.0 Å². The van der Waals surface area contributed by atoms with Gasteiger partial charge in [-0.15, -0.1) is 0 Å². The molecule has 2 aromatic rings. The number of hydrogen-bond acceptors (Lipinski definition) is 2. The predicted octanol–water partition coefficient (Wildman–Crippen LogP) is 4.54. The molecule has 0 atom stereocenters. The number of benzene rings is 1. The number of hydrogen-bond donors (Lipinski definition) is 1. The van der Waals surface area contributed by atoms with Gasteiger partial charge in [-0.2, -0.15) is 0 Å². The standard InChI is InChI=1S/C19H26N2/c1-13(2)15-8-10-19(20,11-9-15)17-6-7-18-16(12-17)5-4-14(3)21-18/h4-7,12-13,15H,8-11,20H2,1-3H3. The lowest BCUT2D eigenvalue weighted by molar-refractivity contribution is 0.196. The van der Waals surface area contributed by atoms with Crippen LogP contribution >= 0.6 is 0 Å². The molecule has 1 aromatic carbocycles. The van der Waals surface area contributed by atoms with Crippen LogP contribution in [0.15, 0.2) is 30.3 Å². The highest BCUT2D eigenvalue weighted by molar-refractivity contribution is 5.79. The van der Waals surface area contributed by atoms with Crippen molar-refractivity contribution >= 4 is 10.9 Å². The quantitative estimate of drug-likeness (QED) is 0.878. The summed E-state index contributed by atoms with van der Waals surface area (Å²) in [6, 6.07) is 10.8. The van der Waals surface area contributed by atoms with Crippen molar-refractivity contribution in [1.29, 1.82) is 0 Å². The first-order valence-electron chi connectivity index (χ1n) is 8.15. The average molecular weight is 282 g/mol. The summed E-state index contributed by atoms with van der Waals surface area (Å²) in [5.41, 5.74) is 10.0. The zero-order valence-electron chi connectivity index (χ0n) is 13.4. The molecule has 1 aliphatic rings. The van der Waals surface area contributed by atoms with Crippen molar-refractivity contribution in [2.75, 3.05) is 0 Å². The Balaban J connectivity index is 1.88. The Morgan fingerprint density at radius 2 is 1.86 bits per heavy atom. The highest BCUT2D eigenvalue weighted by Gasteiger charge is 2.34. The SMILES string of the molecule is Cc1ccc2cc(C3(N)CCC(C(C)C)CC3)ccc2n1. The molecule has 0 bridgehead atoms. The predicted molar refractivity (Wildman–Crippen MR) is 89.1 cm³/mol. The van der Waals surface area contributed by atoms with E-state index < -0.39 is 0 Å². The highest BCUT2D eigenvalue weighted by atomic mass is 14.8. The van der Waals surface area contributed by atoms with Crippen molar-refractivity contribution in [3.63, 3.8) is 0 Å². The molecular formula is C19H26N2. The van der Waals surface area contributed by atoms with Gasteiger partial charge in [0.05, 0.1) is 5.52 Å². The number of pyridine rings is 1. The van der Waals surface area contributed by atoms with Gasteiger partial charge >= 0.3 is 0 Å². The Morgan fingerprint density at radius 3 is 2.52 bits per heavy atom. The number of aromatic nitrogens is 1. The minimum absolute atomic E-state index is 0.148. The zero-order valence-corrected chi connectivity index (χ0v) is 13.4. The van der Waals surface area contributed by atoms with Gasteiger partial charge in [-0.25, -0.2) is 0 Å². The van der Waals surface area contributed by atoms with Crippen LogP contribution in [-0.4, -0.2) is 4.98 Å². The van der Waals surface area contributed by atoms with Crippen LogP contribution in [-0.2, 0) is 5.54 Å². The highest BCUT2D eigenvalue weighted by Crippen LogP contribution is 2.40. The number of aryl methyl sites for hydroxylation is 1. The summed E-state index contributed by atoms with van der Waals surface area (Å²) in [7, 11) is 0. The maximum Gasteiger partial charge on any atom is 0.0705 e. The van der Waals surface area contributed by atoms with Crippen LogP contribution in [0.5, 0.6) is 0 Å². The summed E-state index contributed by atoms with van der Waals surface area (Å²) in [6.07, 6.45) is 4.69. The number of fused-ring (bicyclic) bond motifs is 1. The maximum absolute atomic E-state index is 6.74. The Kier molecular flexibility index (Phi) is 3.75. The van der Waals surface area contributed by atoms with Crippen molar-refractivity contribution in [3.8, 4) is 0 Å². The summed E-state index contributed by atoms with van der Waals surface area (Å²) < 4.78 is 0. The van der Waals surface area contributed by atoms with Gasteiger partial charge in [-0.3, -0.25) is 4.98 Å². The molecule has 3 rings (SSSR count). The average Bonchev–Trinajstić information content (AvgIpc) is 2.47. The smallest absolute Gasteiger partial charge is 0.0705 e. The topological polar surface area (TPSA) is 38.9 Å². The summed E-state index contributed by atoms with van der Waals surface area (Å²) in [4.78, 5) is 4.58. The monoisotopic (exact) mass is 282 g/mol. The number of nitrogens with zero attached hydrogens (tertiary/aromatic N) is 1. The Bertz CT molecular complexity index is 637. The van der Waals surface area contributed by atoms with Gasteiger partial charge in [0.25, 0.3) is 0 Å². The van der Waals surface area contributed by atoms with Crippen molar-refractivity contribution in [1.82, 2.24) is 4.98 Å². The van der Waals surface area contributed by atoms with Crippen molar-refractivity contribution < 1.29 is 0 Å². The van der Waals surface area contributed by atoms with E-state index in [0.29, 0.717) is 0 Å². The summed E-state index contributed by atoms with van der Waals surface area (Å²) in [5.74, 6) is 1.62. The molecule has 0 radical (unpaired) electrons. The van der Waals surface area contributed by atoms with Crippen LogP contribution in [0.25, 0.3) is 10.9 Å². The molecule has 0 aliphatic heterocycles. The van der Waals surface area contributed by atoms with Gasteiger partial charge in [0, 0.05) is 16.6 Å². The molecule has 2 nitrogen and oxygen atoms in total. The van der Waals surface area contributed by atoms with E-state index in [4.69, 9.17) is 5.73 Å². The molecule has 1 aromatic heterocycles. The summed E-state index contributed by atoms with van der Waals surface area (Å²) in [5, 5.41) is 1.20. The molecule has 1 saturated carbocycles. The third-order valence-corrected chi connectivity index (χ3v) is 5.27. The Morgan fingerprint density at radius 1 is 1.14 bits per heavy atom. The zero-order chi connectivity index (χ0) is 15.0. The molecule has 1 fully saturated rings. The van der Waals surface area contributed by atoms with E-state index in [1.54, 1.807) is 0 Å². The molecule has 0 unspecified atom stereocenters. The molecule has 112 valence electrons. The lowest BCUT2D eigenvalue weighted by Gasteiger charge is -2.39. The molecule has 0 spiro atoms. The molecule has 1 heterocycles. The second kappa shape index (κ2) is 5.42. The summed E-state index contributed by atoms with van der Waals surface area (Å²) in [6.45, 7) is 6.70. The molecular weight excluding hydrogens is 256 g/mol. The first-order chi connectivity index (χ1) is 9.98. The fraction of sp³-hybridized carbons (Fsp3) is 0.526. The molecule has 1 aliphatic carbocycles. The van der Waals surface area contributed by atoms with E-state index in [1.165, 1.54) is 23.8 Å². The number of rotatable bonds is 2. The van der Waals surface area contributed by atoms with Gasteiger partial charge in [0.1, 0.15) is 0 Å². The van der Waals surface area contributed by atoms with Crippen LogP contribution < -0.4 is 5.73 Å². The second-order valence-corrected chi connectivity index (χ2v) is 7.10. The van der Waals surface area contributed by atoms with Gasteiger partial charge in [-0.1, -0.05) is 26.0 Å². The fourth-order valence-corrected chi connectivity index (χ4v) is 3.65. The van der Waals surface area contributed by atoms with Crippen LogP contribution in [0, 0.1) is 18.8 Å². The van der Waals surface area contributed by atoms with Gasteiger partial charge in [0.2, 0.25) is 0 Å².